The fraction of sp³-hybridized carbons (Fsp3) is 0.111. The SMILES string of the molecule is C=C1/C=C\C/C=C\C(=C)C2(C3=C1C=CC(C)(c1ccccc1)C=C3)c1ccccc1-c1ccccc12. The van der Waals surface area contributed by atoms with Crippen LogP contribution in [0.15, 0.2) is 163 Å². The lowest BCUT2D eigenvalue weighted by Crippen LogP contribution is -2.30. The van der Waals surface area contributed by atoms with Gasteiger partial charge in [-0.1, -0.05) is 141 Å². The summed E-state index contributed by atoms with van der Waals surface area (Å²) in [5, 5.41) is 0. The molecule has 36 heavy (non-hydrogen) atoms. The molecule has 1 atom stereocenters. The normalized spacial score (nSPS) is 23.6. The van der Waals surface area contributed by atoms with Crippen LogP contribution in [0.3, 0.4) is 0 Å². The van der Waals surface area contributed by atoms with Gasteiger partial charge in [-0.3, -0.25) is 0 Å². The van der Waals surface area contributed by atoms with Gasteiger partial charge < -0.3 is 0 Å². The van der Waals surface area contributed by atoms with Crippen LogP contribution in [0.2, 0.25) is 0 Å². The largest absolute Gasteiger partial charge is 0.0942 e. The highest BCUT2D eigenvalue weighted by Gasteiger charge is 2.48. The second-order valence-electron chi connectivity index (χ2n) is 10.1. The van der Waals surface area contributed by atoms with Crippen LogP contribution in [0.5, 0.6) is 0 Å². The summed E-state index contributed by atoms with van der Waals surface area (Å²) in [6.07, 6.45) is 19.0. The smallest absolute Gasteiger partial charge is 0.0713 e. The van der Waals surface area contributed by atoms with Crippen LogP contribution in [0.25, 0.3) is 11.1 Å². The van der Waals surface area contributed by atoms with E-state index in [1.54, 1.807) is 0 Å². The van der Waals surface area contributed by atoms with E-state index < -0.39 is 5.41 Å². The van der Waals surface area contributed by atoms with Crippen molar-refractivity contribution in [1.29, 1.82) is 0 Å². The zero-order chi connectivity index (χ0) is 24.8. The lowest BCUT2D eigenvalue weighted by atomic mass is 9.65. The Labute approximate surface area is 214 Å². The predicted octanol–water partition coefficient (Wildman–Crippen LogP) is 8.96. The van der Waals surface area contributed by atoms with Crippen LogP contribution >= 0.6 is 0 Å². The van der Waals surface area contributed by atoms with E-state index in [4.69, 9.17) is 6.58 Å². The maximum absolute atomic E-state index is 4.73. The molecule has 3 aliphatic carbocycles. The Morgan fingerprint density at radius 3 is 1.92 bits per heavy atom. The minimum atomic E-state index is -0.504. The molecular formula is C36H30. The van der Waals surface area contributed by atoms with Crippen molar-refractivity contribution in [1.82, 2.24) is 0 Å². The van der Waals surface area contributed by atoms with Crippen LogP contribution in [0.4, 0.5) is 0 Å². The van der Waals surface area contributed by atoms with Crippen molar-refractivity contribution >= 4 is 0 Å². The zero-order valence-corrected chi connectivity index (χ0v) is 20.7. The molecule has 0 nitrogen and oxygen atoms in total. The van der Waals surface area contributed by atoms with E-state index in [1.165, 1.54) is 33.4 Å². The summed E-state index contributed by atoms with van der Waals surface area (Å²) in [6.45, 7) is 11.6. The molecule has 1 spiro atoms. The maximum atomic E-state index is 4.73. The van der Waals surface area contributed by atoms with Crippen molar-refractivity contribution < 1.29 is 0 Å². The molecule has 3 aromatic carbocycles. The monoisotopic (exact) mass is 462 g/mol. The molecule has 0 aliphatic heterocycles. The van der Waals surface area contributed by atoms with Gasteiger partial charge in [0.05, 0.1) is 5.41 Å². The molecule has 0 fully saturated rings. The molecule has 0 bridgehead atoms. The second kappa shape index (κ2) is 8.50. The van der Waals surface area contributed by atoms with Crippen LogP contribution in [-0.4, -0.2) is 0 Å². The summed E-state index contributed by atoms with van der Waals surface area (Å²) >= 11 is 0. The van der Waals surface area contributed by atoms with Crippen molar-refractivity contribution in [2.45, 2.75) is 24.2 Å². The van der Waals surface area contributed by atoms with Crippen LogP contribution in [0.1, 0.15) is 30.0 Å². The first-order valence-electron chi connectivity index (χ1n) is 12.7. The molecule has 0 heterocycles. The van der Waals surface area contributed by atoms with E-state index in [0.29, 0.717) is 0 Å². The van der Waals surface area contributed by atoms with E-state index >= 15 is 0 Å². The number of allylic oxidation sites excluding steroid dienone is 12. The van der Waals surface area contributed by atoms with E-state index in [1.807, 2.05) is 0 Å². The topological polar surface area (TPSA) is 0 Å². The van der Waals surface area contributed by atoms with Gasteiger partial charge in [0, 0.05) is 5.41 Å². The van der Waals surface area contributed by atoms with Crippen LogP contribution in [-0.2, 0) is 10.8 Å². The Kier molecular flexibility index (Phi) is 5.27. The van der Waals surface area contributed by atoms with Gasteiger partial charge in [-0.25, -0.2) is 0 Å². The molecule has 0 radical (unpaired) electrons. The molecule has 174 valence electrons. The summed E-state index contributed by atoms with van der Waals surface area (Å²) in [5.74, 6) is 0. The van der Waals surface area contributed by atoms with Gasteiger partial charge in [0.2, 0.25) is 0 Å². The third-order valence-corrected chi connectivity index (χ3v) is 7.97. The summed E-state index contributed by atoms with van der Waals surface area (Å²) in [4.78, 5) is 0. The average molecular weight is 463 g/mol. The van der Waals surface area contributed by atoms with E-state index in [2.05, 4.69) is 141 Å². The molecule has 0 saturated carbocycles. The molecule has 0 N–H and O–H groups in total. The maximum Gasteiger partial charge on any atom is 0.0713 e. The van der Waals surface area contributed by atoms with Crippen LogP contribution in [0, 0.1) is 0 Å². The number of hydrogen-bond acceptors (Lipinski definition) is 0. The Morgan fingerprint density at radius 1 is 0.639 bits per heavy atom. The average Bonchev–Trinajstić information content (AvgIpc) is 3.08. The first kappa shape index (κ1) is 22.3. The Morgan fingerprint density at radius 2 is 1.22 bits per heavy atom. The number of benzene rings is 3. The van der Waals surface area contributed by atoms with Crippen LogP contribution < -0.4 is 0 Å². The quantitative estimate of drug-likeness (QED) is 0.338. The van der Waals surface area contributed by atoms with Gasteiger partial charge in [0.1, 0.15) is 0 Å². The molecule has 6 rings (SSSR count). The third-order valence-electron chi connectivity index (χ3n) is 7.97. The molecule has 0 amide bonds. The molecule has 3 aliphatic rings. The highest BCUT2D eigenvalue weighted by Crippen LogP contribution is 2.58. The van der Waals surface area contributed by atoms with Gasteiger partial charge in [0.25, 0.3) is 0 Å². The van der Waals surface area contributed by atoms with E-state index in [0.717, 1.165) is 23.1 Å². The zero-order valence-electron chi connectivity index (χ0n) is 20.7. The molecular weight excluding hydrogens is 432 g/mol. The van der Waals surface area contributed by atoms with Crippen molar-refractivity contribution in [3.05, 3.63) is 180 Å². The van der Waals surface area contributed by atoms with E-state index in [-0.39, 0.29) is 5.41 Å². The van der Waals surface area contributed by atoms with Gasteiger partial charge >= 0.3 is 0 Å². The molecule has 3 aromatic rings. The standard InChI is InChI=1S/C36H30/c1-26-14-6-4-7-15-27(2)36(32-20-12-10-18-30(32)31-19-11-13-21-33(31)36)34-23-25-35(3,24-22-29(26)34)28-16-8-5-9-17-28/h5-25H,1-2,4H2,3H3/b14-6-,15-7-. The summed E-state index contributed by atoms with van der Waals surface area (Å²) in [6, 6.07) is 28.4. The highest BCUT2D eigenvalue weighted by atomic mass is 14.5. The number of hydrogen-bond donors (Lipinski definition) is 0. The Balaban J connectivity index is 1.71. The molecule has 1 unspecified atom stereocenters. The molecule has 0 saturated heterocycles. The molecule has 0 heteroatoms. The first-order chi connectivity index (χ1) is 17.6. The van der Waals surface area contributed by atoms with Crippen molar-refractivity contribution in [3.8, 4) is 11.1 Å². The highest BCUT2D eigenvalue weighted by molar-refractivity contribution is 5.88. The Hall–Kier alpha value is -4.16. The lowest BCUT2D eigenvalue weighted by Gasteiger charge is -2.36. The number of fused-ring (bicyclic) bond motifs is 6. The Bertz CT molecular complexity index is 1490. The minimum absolute atomic E-state index is 0.242. The van der Waals surface area contributed by atoms with Crippen molar-refractivity contribution in [2.75, 3.05) is 0 Å². The van der Waals surface area contributed by atoms with Crippen molar-refractivity contribution in [2.24, 2.45) is 0 Å². The second-order valence-corrected chi connectivity index (χ2v) is 10.1. The van der Waals surface area contributed by atoms with Gasteiger partial charge in [-0.05, 0) is 63.5 Å². The fourth-order valence-electron chi connectivity index (χ4n) is 6.10. The molecule has 0 aromatic heterocycles. The summed E-state index contributed by atoms with van der Waals surface area (Å²) < 4.78 is 0. The summed E-state index contributed by atoms with van der Waals surface area (Å²) in [5.41, 5.74) is 10.1. The first-order valence-corrected chi connectivity index (χ1v) is 12.7. The summed E-state index contributed by atoms with van der Waals surface area (Å²) in [7, 11) is 0. The minimum Gasteiger partial charge on any atom is -0.0942 e. The van der Waals surface area contributed by atoms with Gasteiger partial charge in [0.15, 0.2) is 0 Å². The number of rotatable bonds is 1. The van der Waals surface area contributed by atoms with Gasteiger partial charge in [-0.15, -0.1) is 0 Å². The van der Waals surface area contributed by atoms with Gasteiger partial charge in [-0.2, -0.15) is 0 Å². The third kappa shape index (κ3) is 3.22. The fourth-order valence-corrected chi connectivity index (χ4v) is 6.10. The lowest BCUT2D eigenvalue weighted by molar-refractivity contribution is 0.746. The predicted molar refractivity (Wildman–Crippen MR) is 153 cm³/mol. The van der Waals surface area contributed by atoms with Crippen molar-refractivity contribution in [3.63, 3.8) is 0 Å². The van der Waals surface area contributed by atoms with E-state index in [9.17, 15) is 0 Å².